The average molecular weight is 302 g/mol. The van der Waals surface area contributed by atoms with E-state index in [1.807, 2.05) is 18.2 Å². The third kappa shape index (κ3) is 2.94. The predicted octanol–water partition coefficient (Wildman–Crippen LogP) is 3.58. The van der Waals surface area contributed by atoms with E-state index in [2.05, 4.69) is 36.3 Å². The average Bonchev–Trinajstić information content (AvgIpc) is 3.04. The minimum absolute atomic E-state index is 0.133. The number of nitrogens with one attached hydrogen (secondary N) is 2. The van der Waals surface area contributed by atoms with Crippen LogP contribution in [0.5, 0.6) is 0 Å². The molecule has 0 bridgehead atoms. The molecule has 21 heavy (non-hydrogen) atoms. The molecule has 2 heterocycles. The second-order valence-electron chi connectivity index (χ2n) is 5.11. The van der Waals surface area contributed by atoms with Crippen molar-refractivity contribution in [1.82, 2.24) is 10.3 Å². The lowest BCUT2D eigenvalue weighted by atomic mass is 10.0. The fraction of sp³-hybridized carbons (Fsp3) is 0.312. The van der Waals surface area contributed by atoms with Crippen LogP contribution in [0.25, 0.3) is 11.1 Å². The summed E-state index contributed by atoms with van der Waals surface area (Å²) in [5, 5.41) is 3.57. The van der Waals surface area contributed by atoms with Crippen molar-refractivity contribution < 1.29 is 4.42 Å². The Morgan fingerprint density at radius 1 is 1.33 bits per heavy atom. The molecule has 4 nitrogen and oxygen atoms in total. The van der Waals surface area contributed by atoms with E-state index in [-0.39, 0.29) is 6.04 Å². The summed E-state index contributed by atoms with van der Waals surface area (Å²) in [5.74, 6) is -0.410. The molecule has 2 aromatic heterocycles. The molecule has 0 amide bonds. The lowest BCUT2D eigenvalue weighted by Crippen LogP contribution is -2.22. The summed E-state index contributed by atoms with van der Waals surface area (Å²) in [6, 6.07) is 10.3. The Hall–Kier alpha value is -1.85. The van der Waals surface area contributed by atoms with Gasteiger partial charge < -0.3 is 9.73 Å². The number of benzene rings is 1. The van der Waals surface area contributed by atoms with E-state index >= 15 is 0 Å². The summed E-state index contributed by atoms with van der Waals surface area (Å²) in [6.45, 7) is 5.20. The van der Waals surface area contributed by atoms with E-state index in [1.54, 1.807) is 11.3 Å². The number of fused-ring (bicyclic) bond motifs is 1. The van der Waals surface area contributed by atoms with E-state index in [1.165, 1.54) is 9.75 Å². The first-order chi connectivity index (χ1) is 10.2. The number of H-pyrrole nitrogens is 1. The molecule has 0 saturated carbocycles. The van der Waals surface area contributed by atoms with Crippen molar-refractivity contribution in [3.05, 3.63) is 56.2 Å². The highest BCUT2D eigenvalue weighted by Crippen LogP contribution is 2.29. The monoisotopic (exact) mass is 302 g/mol. The van der Waals surface area contributed by atoms with Gasteiger partial charge in [-0.1, -0.05) is 13.0 Å². The van der Waals surface area contributed by atoms with E-state index in [0.29, 0.717) is 5.58 Å². The summed E-state index contributed by atoms with van der Waals surface area (Å²) in [7, 11) is 0. The highest BCUT2D eigenvalue weighted by Gasteiger charge is 2.16. The van der Waals surface area contributed by atoms with Gasteiger partial charge in [0.15, 0.2) is 5.58 Å². The summed E-state index contributed by atoms with van der Waals surface area (Å²) in [5.41, 5.74) is 2.45. The van der Waals surface area contributed by atoms with Crippen molar-refractivity contribution in [3.63, 3.8) is 0 Å². The topological polar surface area (TPSA) is 58.0 Å². The number of aryl methyl sites for hydroxylation is 1. The molecule has 0 aliphatic rings. The number of aromatic amines is 1. The minimum atomic E-state index is -0.410. The molecule has 0 aliphatic carbocycles. The smallest absolute Gasteiger partial charge is 0.408 e. The summed E-state index contributed by atoms with van der Waals surface area (Å²) < 4.78 is 5.17. The standard InChI is InChI=1S/C16H18N2O2S/c1-3-8-17-15(14-7-4-10(2)21-14)11-5-6-12-13(9-11)20-16(19)18-12/h4-7,9,15,17H,3,8H2,1-2H3,(H,18,19). The van der Waals surface area contributed by atoms with Crippen LogP contribution in [0.2, 0.25) is 0 Å². The number of rotatable bonds is 5. The zero-order chi connectivity index (χ0) is 14.8. The summed E-state index contributed by atoms with van der Waals surface area (Å²) >= 11 is 1.79. The molecule has 0 spiro atoms. The van der Waals surface area contributed by atoms with Crippen molar-refractivity contribution in [2.75, 3.05) is 6.54 Å². The Bertz CT molecular complexity index is 800. The van der Waals surface area contributed by atoms with Crippen molar-refractivity contribution in [3.8, 4) is 0 Å². The maximum atomic E-state index is 11.3. The highest BCUT2D eigenvalue weighted by atomic mass is 32.1. The maximum absolute atomic E-state index is 11.3. The molecule has 0 aliphatic heterocycles. The maximum Gasteiger partial charge on any atom is 0.417 e. The summed E-state index contributed by atoms with van der Waals surface area (Å²) in [4.78, 5) is 16.5. The van der Waals surface area contributed by atoms with Crippen molar-refractivity contribution in [2.45, 2.75) is 26.3 Å². The van der Waals surface area contributed by atoms with Crippen LogP contribution in [0.3, 0.4) is 0 Å². The number of thiophene rings is 1. The fourth-order valence-electron chi connectivity index (χ4n) is 2.42. The first-order valence-corrected chi connectivity index (χ1v) is 7.91. The Kier molecular flexibility index (Phi) is 3.94. The van der Waals surface area contributed by atoms with Crippen LogP contribution in [0.15, 0.2) is 39.5 Å². The van der Waals surface area contributed by atoms with Crippen molar-refractivity contribution in [2.24, 2.45) is 0 Å². The van der Waals surface area contributed by atoms with E-state index in [0.717, 1.165) is 24.0 Å². The van der Waals surface area contributed by atoms with Crippen LogP contribution >= 0.6 is 11.3 Å². The lowest BCUT2D eigenvalue weighted by molar-refractivity contribution is 0.553. The van der Waals surface area contributed by atoms with Gasteiger partial charge in [-0.2, -0.15) is 0 Å². The normalized spacial score (nSPS) is 12.9. The Balaban J connectivity index is 2.02. The van der Waals surface area contributed by atoms with Gasteiger partial charge in [-0.25, -0.2) is 4.79 Å². The van der Waals surface area contributed by atoms with Crippen LogP contribution in [0.4, 0.5) is 0 Å². The molecule has 0 saturated heterocycles. The van der Waals surface area contributed by atoms with Gasteiger partial charge in [0.1, 0.15) is 0 Å². The Morgan fingerprint density at radius 3 is 2.90 bits per heavy atom. The molecule has 0 radical (unpaired) electrons. The molecule has 3 aromatic rings. The molecule has 1 aromatic carbocycles. The third-order valence-corrected chi connectivity index (χ3v) is 4.49. The molecule has 5 heteroatoms. The van der Waals surface area contributed by atoms with Gasteiger partial charge in [0.05, 0.1) is 11.6 Å². The number of aromatic nitrogens is 1. The first kappa shape index (κ1) is 14.1. The molecule has 110 valence electrons. The van der Waals surface area contributed by atoms with Crippen molar-refractivity contribution in [1.29, 1.82) is 0 Å². The zero-order valence-corrected chi connectivity index (χ0v) is 12.9. The van der Waals surface area contributed by atoms with Gasteiger partial charge in [0, 0.05) is 9.75 Å². The quantitative estimate of drug-likeness (QED) is 0.757. The van der Waals surface area contributed by atoms with Crippen LogP contribution in [0, 0.1) is 6.92 Å². The SMILES string of the molecule is CCCNC(c1ccc2[nH]c(=O)oc2c1)c1ccc(C)s1. The molecule has 1 unspecified atom stereocenters. The Morgan fingerprint density at radius 2 is 2.19 bits per heavy atom. The second-order valence-corrected chi connectivity index (χ2v) is 6.43. The first-order valence-electron chi connectivity index (χ1n) is 7.10. The van der Waals surface area contributed by atoms with Gasteiger partial charge >= 0.3 is 5.76 Å². The van der Waals surface area contributed by atoms with Gasteiger partial charge in [-0.15, -0.1) is 11.3 Å². The fourth-order valence-corrected chi connectivity index (χ4v) is 3.40. The van der Waals surface area contributed by atoms with Gasteiger partial charge in [0.2, 0.25) is 0 Å². The van der Waals surface area contributed by atoms with E-state index in [9.17, 15) is 4.79 Å². The van der Waals surface area contributed by atoms with Gasteiger partial charge in [-0.05, 0) is 49.7 Å². The molecule has 0 fully saturated rings. The molecular formula is C16H18N2O2S. The Labute approximate surface area is 126 Å². The van der Waals surface area contributed by atoms with Crippen LogP contribution in [0.1, 0.15) is 34.7 Å². The number of oxazole rings is 1. The van der Waals surface area contributed by atoms with E-state index in [4.69, 9.17) is 4.42 Å². The van der Waals surface area contributed by atoms with E-state index < -0.39 is 5.76 Å². The minimum Gasteiger partial charge on any atom is -0.408 e. The molecule has 2 N–H and O–H groups in total. The van der Waals surface area contributed by atoms with Crippen LogP contribution < -0.4 is 11.1 Å². The molecule has 3 rings (SSSR count). The van der Waals surface area contributed by atoms with Crippen LogP contribution in [-0.4, -0.2) is 11.5 Å². The van der Waals surface area contributed by atoms with Gasteiger partial charge in [0.25, 0.3) is 0 Å². The molecule has 1 atom stereocenters. The van der Waals surface area contributed by atoms with Crippen LogP contribution in [-0.2, 0) is 0 Å². The van der Waals surface area contributed by atoms with Crippen molar-refractivity contribution >= 4 is 22.4 Å². The predicted molar refractivity (Wildman–Crippen MR) is 86.0 cm³/mol. The largest absolute Gasteiger partial charge is 0.417 e. The number of hydrogen-bond donors (Lipinski definition) is 2. The lowest BCUT2D eigenvalue weighted by Gasteiger charge is -2.17. The highest BCUT2D eigenvalue weighted by molar-refractivity contribution is 7.12. The molecular weight excluding hydrogens is 284 g/mol. The third-order valence-electron chi connectivity index (χ3n) is 3.42. The summed E-state index contributed by atoms with van der Waals surface area (Å²) in [6.07, 6.45) is 1.07. The second kappa shape index (κ2) is 5.87. The number of hydrogen-bond acceptors (Lipinski definition) is 4. The van der Waals surface area contributed by atoms with Gasteiger partial charge in [-0.3, -0.25) is 4.98 Å². The zero-order valence-electron chi connectivity index (χ0n) is 12.1.